The van der Waals surface area contributed by atoms with Gasteiger partial charge in [0.1, 0.15) is 28.5 Å². The Morgan fingerprint density at radius 3 is 2.02 bits per heavy atom. The quantitative estimate of drug-likeness (QED) is 0.0747. The van der Waals surface area contributed by atoms with Gasteiger partial charge in [-0.25, -0.2) is 4.79 Å². The fraction of sp³-hybridized carbons (Fsp3) is 0.375. The smallest absolute Gasteiger partial charge is 0.328 e. The van der Waals surface area contributed by atoms with Crippen LogP contribution in [0.1, 0.15) is 36.0 Å². The van der Waals surface area contributed by atoms with E-state index in [0.29, 0.717) is 56.1 Å². The van der Waals surface area contributed by atoms with E-state index in [1.165, 1.54) is 23.9 Å². The van der Waals surface area contributed by atoms with E-state index in [1.807, 2.05) is 36.4 Å². The highest BCUT2D eigenvalue weighted by Crippen LogP contribution is 2.22. The Kier molecular flexibility index (Phi) is 14.0. The Bertz CT molecular complexity index is 1430. The molecule has 3 aromatic rings. The molecule has 0 fully saturated rings. The van der Waals surface area contributed by atoms with Gasteiger partial charge >= 0.3 is 22.1 Å². The highest BCUT2D eigenvalue weighted by Gasteiger charge is 2.19. The number of rotatable bonds is 19. The summed E-state index contributed by atoms with van der Waals surface area (Å²) in [4.78, 5) is 24.1. The number of nitrogens with two attached hydrogens (primary N) is 2. The second-order valence-corrected chi connectivity index (χ2v) is 13.2. The molecule has 3 rings (SSSR count). The summed E-state index contributed by atoms with van der Waals surface area (Å²) in [6.45, 7) is 0.985. The van der Waals surface area contributed by atoms with E-state index in [0.717, 1.165) is 35.8 Å². The first kappa shape index (κ1) is 34.9. The highest BCUT2D eigenvalue weighted by atomic mass is 32.2. The molecule has 12 heteroatoms. The van der Waals surface area contributed by atoms with Crippen molar-refractivity contribution in [3.8, 4) is 17.2 Å². The van der Waals surface area contributed by atoms with Crippen molar-refractivity contribution >= 4 is 33.8 Å². The van der Waals surface area contributed by atoms with Crippen LogP contribution in [0.3, 0.4) is 0 Å². The van der Waals surface area contributed by atoms with E-state index in [1.54, 1.807) is 24.3 Å². The average Bonchev–Trinajstić information content (AvgIpc) is 2.98. The third-order valence-corrected chi connectivity index (χ3v) is 8.28. The minimum absolute atomic E-state index is 0.220. The number of thioether (sulfide) groups is 1. The van der Waals surface area contributed by atoms with Crippen LogP contribution in [-0.4, -0.2) is 61.9 Å². The first-order chi connectivity index (χ1) is 21.0. The molecule has 0 saturated carbocycles. The summed E-state index contributed by atoms with van der Waals surface area (Å²) >= 11 is 1.39. The molecule has 0 heterocycles. The standard InChI is InChI=1S/C32H40N2O8S2/c1-44(38,39)42-28-15-13-26(14-16-28)40-20-17-23-5-7-25(8-6-23)22-30(31(35)36)43-21-18-24-9-11-27(12-10-24)41-32(37)29(34)4-2-3-19-33/h5-16,29-30H,2-4,17-22,33-34H2,1H3,(H,35,36)/t29-,30?/m0/s1. The normalized spacial score (nSPS) is 12.7. The Balaban J connectivity index is 1.40. The fourth-order valence-corrected chi connectivity index (χ4v) is 5.74. The van der Waals surface area contributed by atoms with Crippen molar-refractivity contribution in [2.24, 2.45) is 11.5 Å². The Morgan fingerprint density at radius 1 is 0.841 bits per heavy atom. The van der Waals surface area contributed by atoms with Gasteiger partial charge in [-0.15, -0.1) is 11.8 Å². The highest BCUT2D eigenvalue weighted by molar-refractivity contribution is 8.00. The molecule has 0 radical (unpaired) electrons. The van der Waals surface area contributed by atoms with E-state index in [9.17, 15) is 23.1 Å². The van der Waals surface area contributed by atoms with E-state index in [2.05, 4.69) is 0 Å². The first-order valence-electron chi connectivity index (χ1n) is 14.3. The van der Waals surface area contributed by atoms with Crippen LogP contribution in [0.25, 0.3) is 0 Å². The Hall–Kier alpha value is -3.58. The largest absolute Gasteiger partial charge is 0.493 e. The van der Waals surface area contributed by atoms with Gasteiger partial charge in [-0.2, -0.15) is 8.42 Å². The van der Waals surface area contributed by atoms with Gasteiger partial charge in [0, 0.05) is 6.42 Å². The van der Waals surface area contributed by atoms with Crippen LogP contribution in [0, 0.1) is 0 Å². The van der Waals surface area contributed by atoms with Gasteiger partial charge in [-0.3, -0.25) is 4.79 Å². The van der Waals surface area contributed by atoms with Gasteiger partial charge < -0.3 is 30.2 Å². The van der Waals surface area contributed by atoms with Crippen molar-refractivity contribution in [2.75, 3.05) is 25.2 Å². The van der Waals surface area contributed by atoms with Gasteiger partial charge in [0.15, 0.2) is 0 Å². The minimum Gasteiger partial charge on any atom is -0.493 e. The lowest BCUT2D eigenvalue weighted by molar-refractivity contribution is -0.137. The van der Waals surface area contributed by atoms with E-state index >= 15 is 0 Å². The number of unbranched alkanes of at least 4 members (excludes halogenated alkanes) is 1. The number of ether oxygens (including phenoxy) is 2. The number of benzene rings is 3. The van der Waals surface area contributed by atoms with Crippen LogP contribution >= 0.6 is 11.8 Å². The van der Waals surface area contributed by atoms with Crippen molar-refractivity contribution < 1.29 is 36.8 Å². The number of hydrogen-bond donors (Lipinski definition) is 3. The Morgan fingerprint density at radius 2 is 1.41 bits per heavy atom. The topological polar surface area (TPSA) is 168 Å². The maximum atomic E-state index is 12.2. The zero-order valence-corrected chi connectivity index (χ0v) is 26.4. The number of carboxylic acid groups (broad SMARTS) is 1. The third-order valence-electron chi connectivity index (χ3n) is 6.57. The molecule has 0 amide bonds. The van der Waals surface area contributed by atoms with Gasteiger partial charge in [-0.05, 0) is 91.1 Å². The monoisotopic (exact) mass is 644 g/mol. The summed E-state index contributed by atoms with van der Waals surface area (Å²) in [5.41, 5.74) is 14.4. The molecule has 0 saturated heterocycles. The molecule has 238 valence electrons. The summed E-state index contributed by atoms with van der Waals surface area (Å²) in [6.07, 6.45) is 4.83. The second-order valence-electron chi connectivity index (χ2n) is 10.3. The molecule has 3 aromatic carbocycles. The average molecular weight is 645 g/mol. The zero-order valence-electron chi connectivity index (χ0n) is 24.7. The van der Waals surface area contributed by atoms with Crippen molar-refractivity contribution in [1.82, 2.24) is 0 Å². The summed E-state index contributed by atoms with van der Waals surface area (Å²) in [5, 5.41) is 9.19. The van der Waals surface area contributed by atoms with Gasteiger partial charge in [-0.1, -0.05) is 42.8 Å². The molecule has 5 N–H and O–H groups in total. The SMILES string of the molecule is CS(=O)(=O)Oc1ccc(OCCc2ccc(CC(SCCc3ccc(OC(=O)[C@@H](N)CCCCN)cc3)C(=O)O)cc2)cc1. The number of carbonyl (C=O) groups excluding carboxylic acids is 1. The lowest BCUT2D eigenvalue weighted by Crippen LogP contribution is -2.34. The number of hydrogen-bond acceptors (Lipinski definition) is 10. The second kappa shape index (κ2) is 17.6. The molecule has 0 aliphatic carbocycles. The van der Waals surface area contributed by atoms with E-state index < -0.39 is 33.3 Å². The predicted molar refractivity (Wildman–Crippen MR) is 172 cm³/mol. The van der Waals surface area contributed by atoms with Gasteiger partial charge in [0.2, 0.25) is 0 Å². The summed E-state index contributed by atoms with van der Waals surface area (Å²) in [6, 6.07) is 20.6. The maximum Gasteiger partial charge on any atom is 0.328 e. The summed E-state index contributed by atoms with van der Waals surface area (Å²) < 4.78 is 38.3. The predicted octanol–water partition coefficient (Wildman–Crippen LogP) is 3.98. The molecule has 0 spiro atoms. The van der Waals surface area contributed by atoms with Crippen molar-refractivity contribution in [3.63, 3.8) is 0 Å². The van der Waals surface area contributed by atoms with Crippen molar-refractivity contribution in [2.45, 2.75) is 49.8 Å². The molecule has 0 aliphatic heterocycles. The molecule has 0 bridgehead atoms. The lowest BCUT2D eigenvalue weighted by Gasteiger charge is -2.13. The van der Waals surface area contributed by atoms with Gasteiger partial charge in [0.05, 0.1) is 12.9 Å². The number of aliphatic carboxylic acids is 1. The summed E-state index contributed by atoms with van der Waals surface area (Å²) in [5.74, 6) is 0.539. The molecule has 0 aliphatic rings. The van der Waals surface area contributed by atoms with Crippen molar-refractivity contribution in [1.29, 1.82) is 0 Å². The molecule has 44 heavy (non-hydrogen) atoms. The summed E-state index contributed by atoms with van der Waals surface area (Å²) in [7, 11) is -3.58. The van der Waals surface area contributed by atoms with Crippen LogP contribution < -0.4 is 25.1 Å². The van der Waals surface area contributed by atoms with Crippen LogP contribution in [-0.2, 0) is 39.0 Å². The van der Waals surface area contributed by atoms with Crippen LogP contribution in [0.4, 0.5) is 0 Å². The molecular weight excluding hydrogens is 604 g/mol. The van der Waals surface area contributed by atoms with E-state index in [4.69, 9.17) is 25.1 Å². The minimum atomic E-state index is -3.58. The fourth-order valence-electron chi connectivity index (χ4n) is 4.19. The van der Waals surface area contributed by atoms with Gasteiger partial charge in [0.25, 0.3) is 0 Å². The molecule has 10 nitrogen and oxygen atoms in total. The van der Waals surface area contributed by atoms with Crippen molar-refractivity contribution in [3.05, 3.63) is 89.5 Å². The van der Waals surface area contributed by atoms with Crippen LogP contribution in [0.15, 0.2) is 72.8 Å². The zero-order chi connectivity index (χ0) is 32.0. The van der Waals surface area contributed by atoms with Crippen LogP contribution in [0.5, 0.6) is 17.2 Å². The lowest BCUT2D eigenvalue weighted by atomic mass is 10.1. The molecule has 0 aromatic heterocycles. The van der Waals surface area contributed by atoms with Crippen LogP contribution in [0.2, 0.25) is 0 Å². The number of esters is 1. The number of aryl methyl sites for hydroxylation is 1. The number of carbonyl (C=O) groups is 2. The third kappa shape index (κ3) is 13.0. The van der Waals surface area contributed by atoms with E-state index in [-0.39, 0.29) is 5.75 Å². The Labute approximate surface area is 263 Å². The molecule has 2 atom stereocenters. The molecular formula is C32H40N2O8S2. The first-order valence-corrected chi connectivity index (χ1v) is 17.2. The maximum absolute atomic E-state index is 12.2. The number of carboxylic acids is 1. The molecule has 1 unspecified atom stereocenters.